The molecule has 9 heteroatoms. The van der Waals surface area contributed by atoms with Gasteiger partial charge in [-0.2, -0.15) is 0 Å². The lowest BCUT2D eigenvalue weighted by Gasteiger charge is -2.13. The molecule has 0 aliphatic carbocycles. The smallest absolute Gasteiger partial charge is 0.307 e. The van der Waals surface area contributed by atoms with Gasteiger partial charge in [0.2, 0.25) is 6.79 Å². The summed E-state index contributed by atoms with van der Waals surface area (Å²) in [5.41, 5.74) is 0.492. The number of rotatable bonds is 7. The van der Waals surface area contributed by atoms with Crippen LogP contribution in [0, 0.1) is 11.6 Å². The molecule has 2 aromatic rings. The average Bonchev–Trinajstić information content (AvgIpc) is 3.12. The van der Waals surface area contributed by atoms with Crippen molar-refractivity contribution in [1.82, 2.24) is 0 Å². The number of carbonyl (C=O) groups is 2. The summed E-state index contributed by atoms with van der Waals surface area (Å²) >= 11 is 1.19. The topological polar surface area (TPSA) is 73.9 Å². The van der Waals surface area contributed by atoms with Crippen molar-refractivity contribution >= 4 is 29.3 Å². The number of carbonyl (C=O) groups excluding carboxylic acids is 2. The molecule has 0 spiro atoms. The Bertz CT molecular complexity index is 893. The number of amides is 1. The molecule has 1 heterocycles. The number of thioether (sulfide) groups is 1. The van der Waals surface area contributed by atoms with Gasteiger partial charge in [-0.3, -0.25) is 9.59 Å². The first-order valence-corrected chi connectivity index (χ1v) is 9.39. The summed E-state index contributed by atoms with van der Waals surface area (Å²) in [7, 11) is 0. The molecule has 0 bridgehead atoms. The minimum Gasteiger partial charge on any atom is -0.454 e. The number of hydrogen-bond donors (Lipinski definition) is 1. The van der Waals surface area contributed by atoms with E-state index in [1.165, 1.54) is 24.8 Å². The van der Waals surface area contributed by atoms with E-state index in [1.54, 1.807) is 18.2 Å². The molecule has 1 N–H and O–H groups in total. The molecule has 3 rings (SSSR count). The van der Waals surface area contributed by atoms with Gasteiger partial charge in [-0.05, 0) is 37.3 Å². The minimum atomic E-state index is -0.994. The third kappa shape index (κ3) is 5.13. The van der Waals surface area contributed by atoms with Gasteiger partial charge < -0.3 is 19.5 Å². The van der Waals surface area contributed by atoms with E-state index in [9.17, 15) is 18.4 Å². The molecule has 1 atom stereocenters. The molecule has 1 amide bonds. The Kier molecular flexibility index (Phi) is 6.35. The van der Waals surface area contributed by atoms with E-state index in [-0.39, 0.29) is 13.2 Å². The Morgan fingerprint density at radius 3 is 2.71 bits per heavy atom. The second-order valence-electron chi connectivity index (χ2n) is 5.86. The van der Waals surface area contributed by atoms with Crippen LogP contribution in [0.25, 0.3) is 0 Å². The lowest BCUT2D eigenvalue weighted by molar-refractivity contribution is -0.152. The van der Waals surface area contributed by atoms with Gasteiger partial charge in [-0.1, -0.05) is 0 Å². The molecule has 0 fully saturated rings. The van der Waals surface area contributed by atoms with E-state index in [0.717, 1.165) is 12.1 Å². The van der Waals surface area contributed by atoms with Gasteiger partial charge >= 0.3 is 5.97 Å². The van der Waals surface area contributed by atoms with Crippen molar-refractivity contribution in [2.45, 2.75) is 24.3 Å². The molecule has 28 heavy (non-hydrogen) atoms. The highest BCUT2D eigenvalue weighted by molar-refractivity contribution is 7.99. The van der Waals surface area contributed by atoms with Crippen molar-refractivity contribution in [3.05, 3.63) is 48.0 Å². The predicted octanol–water partition coefficient (Wildman–Crippen LogP) is 3.75. The zero-order chi connectivity index (χ0) is 20.1. The fraction of sp³-hybridized carbons (Fsp3) is 0.263. The normalized spacial score (nSPS) is 13.1. The Morgan fingerprint density at radius 2 is 1.93 bits per heavy atom. The number of ether oxygens (including phenoxy) is 3. The summed E-state index contributed by atoms with van der Waals surface area (Å²) in [6, 6.07) is 8.46. The Balaban J connectivity index is 1.43. The highest BCUT2D eigenvalue weighted by Crippen LogP contribution is 2.34. The Morgan fingerprint density at radius 1 is 1.14 bits per heavy atom. The third-order valence-electron chi connectivity index (χ3n) is 3.78. The minimum absolute atomic E-state index is 0.0192. The number of nitrogens with one attached hydrogen (secondary N) is 1. The van der Waals surface area contributed by atoms with Crippen LogP contribution in [0.2, 0.25) is 0 Å². The van der Waals surface area contributed by atoms with Gasteiger partial charge in [-0.15, -0.1) is 11.8 Å². The highest BCUT2D eigenvalue weighted by Gasteiger charge is 2.19. The molecule has 2 aromatic carbocycles. The molecular weight excluding hydrogens is 392 g/mol. The molecule has 0 aromatic heterocycles. The molecule has 1 aliphatic heterocycles. The first kappa shape index (κ1) is 19.9. The summed E-state index contributed by atoms with van der Waals surface area (Å²) < 4.78 is 41.6. The summed E-state index contributed by atoms with van der Waals surface area (Å²) in [6.45, 7) is 1.59. The maximum absolute atomic E-state index is 13.1. The lowest BCUT2D eigenvalue weighted by Crippen LogP contribution is -2.30. The van der Waals surface area contributed by atoms with Crippen LogP contribution in [0.5, 0.6) is 11.5 Å². The lowest BCUT2D eigenvalue weighted by atomic mass is 10.2. The number of anilines is 1. The molecular formula is C19H17F2NO5S. The van der Waals surface area contributed by atoms with Crippen molar-refractivity contribution in [2.75, 3.05) is 17.9 Å². The van der Waals surface area contributed by atoms with Crippen molar-refractivity contribution < 1.29 is 32.6 Å². The van der Waals surface area contributed by atoms with Gasteiger partial charge in [0.05, 0.1) is 6.42 Å². The van der Waals surface area contributed by atoms with E-state index in [4.69, 9.17) is 14.2 Å². The zero-order valence-corrected chi connectivity index (χ0v) is 15.7. The summed E-state index contributed by atoms with van der Waals surface area (Å²) in [5, 5.41) is 2.64. The van der Waals surface area contributed by atoms with Gasteiger partial charge in [0.25, 0.3) is 5.91 Å². The van der Waals surface area contributed by atoms with Crippen LogP contribution in [0.3, 0.4) is 0 Å². The number of esters is 1. The average molecular weight is 409 g/mol. The molecule has 6 nitrogen and oxygen atoms in total. The van der Waals surface area contributed by atoms with Gasteiger partial charge in [0, 0.05) is 22.4 Å². The fourth-order valence-corrected chi connectivity index (χ4v) is 3.20. The summed E-state index contributed by atoms with van der Waals surface area (Å²) in [5.74, 6) is -1.50. The number of benzene rings is 2. The van der Waals surface area contributed by atoms with Crippen LogP contribution < -0.4 is 14.8 Å². The molecule has 148 valence electrons. The van der Waals surface area contributed by atoms with Crippen LogP contribution >= 0.6 is 11.8 Å². The molecule has 0 radical (unpaired) electrons. The number of fused-ring (bicyclic) bond motifs is 1. The first-order chi connectivity index (χ1) is 13.4. The highest BCUT2D eigenvalue weighted by atomic mass is 32.2. The SMILES string of the molecule is C[C@@H](OC(=O)CCSc1ccc(F)c(F)c1)C(=O)Nc1ccc2c(c1)OCO2. The summed E-state index contributed by atoms with van der Waals surface area (Å²) in [4.78, 5) is 24.6. The second kappa shape index (κ2) is 8.92. The molecule has 0 unspecified atom stereocenters. The number of hydrogen-bond acceptors (Lipinski definition) is 6. The van der Waals surface area contributed by atoms with Gasteiger partial charge in [-0.25, -0.2) is 8.78 Å². The largest absolute Gasteiger partial charge is 0.454 e. The van der Waals surface area contributed by atoms with Crippen LogP contribution in [0.1, 0.15) is 13.3 Å². The van der Waals surface area contributed by atoms with E-state index >= 15 is 0 Å². The Hall–Kier alpha value is -2.81. The second-order valence-corrected chi connectivity index (χ2v) is 7.03. The maximum atomic E-state index is 13.1. The zero-order valence-electron chi connectivity index (χ0n) is 14.9. The first-order valence-electron chi connectivity index (χ1n) is 8.40. The van der Waals surface area contributed by atoms with E-state index in [2.05, 4.69) is 5.32 Å². The van der Waals surface area contributed by atoms with Crippen LogP contribution in [-0.4, -0.2) is 30.5 Å². The van der Waals surface area contributed by atoms with Crippen molar-refractivity contribution in [3.8, 4) is 11.5 Å². The van der Waals surface area contributed by atoms with Crippen molar-refractivity contribution in [2.24, 2.45) is 0 Å². The van der Waals surface area contributed by atoms with Crippen LogP contribution in [0.15, 0.2) is 41.3 Å². The van der Waals surface area contributed by atoms with Crippen LogP contribution in [0.4, 0.5) is 14.5 Å². The van der Waals surface area contributed by atoms with Crippen molar-refractivity contribution in [1.29, 1.82) is 0 Å². The molecule has 0 saturated carbocycles. The fourth-order valence-electron chi connectivity index (χ4n) is 2.35. The summed E-state index contributed by atoms with van der Waals surface area (Å²) in [6.07, 6.45) is -0.975. The Labute approximate surface area is 164 Å². The van der Waals surface area contributed by atoms with E-state index < -0.39 is 29.6 Å². The monoisotopic (exact) mass is 409 g/mol. The van der Waals surface area contributed by atoms with Gasteiger partial charge in [0.1, 0.15) is 0 Å². The quantitative estimate of drug-likeness (QED) is 0.555. The maximum Gasteiger partial charge on any atom is 0.307 e. The van der Waals surface area contributed by atoms with Gasteiger partial charge in [0.15, 0.2) is 29.2 Å². The number of halogens is 2. The molecule has 0 saturated heterocycles. The van der Waals surface area contributed by atoms with Crippen LogP contribution in [-0.2, 0) is 14.3 Å². The third-order valence-corrected chi connectivity index (χ3v) is 4.78. The molecule has 1 aliphatic rings. The van der Waals surface area contributed by atoms with E-state index in [0.29, 0.717) is 27.8 Å². The predicted molar refractivity (Wildman–Crippen MR) is 98.4 cm³/mol. The standard InChI is InChI=1S/C19H17F2NO5S/c1-11(19(24)22-12-2-5-16-17(8-12)26-10-25-16)27-18(23)6-7-28-13-3-4-14(20)15(21)9-13/h2-5,8-9,11H,6-7,10H2,1H3,(H,22,24)/t11-/m1/s1. The van der Waals surface area contributed by atoms with Crippen molar-refractivity contribution in [3.63, 3.8) is 0 Å². The van der Waals surface area contributed by atoms with E-state index in [1.807, 2.05) is 0 Å².